The lowest BCUT2D eigenvalue weighted by atomic mass is 10.0. The van der Waals surface area contributed by atoms with Crippen molar-refractivity contribution < 1.29 is 14.0 Å². The first-order chi connectivity index (χ1) is 15.4. The SMILES string of the molecule is CC(=O)c1cccc(NC(=O)Nc2ccc(-c3nc(-c4cc(C)ccc4C)co3)cc2)c1. The zero-order valence-corrected chi connectivity index (χ0v) is 18.1. The van der Waals surface area contributed by atoms with E-state index in [1.165, 1.54) is 6.92 Å². The summed E-state index contributed by atoms with van der Waals surface area (Å²) in [4.78, 5) is 28.4. The number of oxazole rings is 1. The molecule has 4 aromatic rings. The van der Waals surface area contributed by atoms with E-state index < -0.39 is 6.03 Å². The van der Waals surface area contributed by atoms with Crippen LogP contribution in [0.2, 0.25) is 0 Å². The topological polar surface area (TPSA) is 84.2 Å². The molecule has 4 rings (SSSR count). The van der Waals surface area contributed by atoms with E-state index in [1.807, 2.05) is 26.0 Å². The Hall–Kier alpha value is -4.19. The number of anilines is 2. The van der Waals surface area contributed by atoms with Gasteiger partial charge in [0, 0.05) is 28.1 Å². The average Bonchev–Trinajstić information content (AvgIpc) is 3.26. The molecule has 3 aromatic carbocycles. The Morgan fingerprint density at radius 1 is 0.875 bits per heavy atom. The molecule has 0 radical (unpaired) electrons. The summed E-state index contributed by atoms with van der Waals surface area (Å²) >= 11 is 0. The Balaban J connectivity index is 1.44. The maximum Gasteiger partial charge on any atom is 0.323 e. The van der Waals surface area contributed by atoms with E-state index in [9.17, 15) is 9.59 Å². The van der Waals surface area contributed by atoms with E-state index in [2.05, 4.69) is 33.8 Å². The van der Waals surface area contributed by atoms with Crippen molar-refractivity contribution in [3.8, 4) is 22.7 Å². The standard InChI is InChI=1S/C26H23N3O3/c1-16-7-8-17(2)23(13-16)24-15-32-25(29-24)19-9-11-21(12-10-19)27-26(31)28-22-6-4-5-20(14-22)18(3)30/h4-15H,1-3H3,(H2,27,28,31). The van der Waals surface area contributed by atoms with Crippen LogP contribution in [0.3, 0.4) is 0 Å². The van der Waals surface area contributed by atoms with Gasteiger partial charge in [0.2, 0.25) is 5.89 Å². The number of amides is 2. The van der Waals surface area contributed by atoms with E-state index in [0.29, 0.717) is 22.8 Å². The van der Waals surface area contributed by atoms with E-state index in [4.69, 9.17) is 4.42 Å². The summed E-state index contributed by atoms with van der Waals surface area (Å²) in [6, 6.07) is 19.9. The monoisotopic (exact) mass is 425 g/mol. The summed E-state index contributed by atoms with van der Waals surface area (Å²) < 4.78 is 5.69. The molecule has 0 aliphatic heterocycles. The van der Waals surface area contributed by atoms with Gasteiger partial charge in [-0.3, -0.25) is 4.79 Å². The van der Waals surface area contributed by atoms with E-state index in [0.717, 1.165) is 27.9 Å². The zero-order valence-electron chi connectivity index (χ0n) is 18.1. The van der Waals surface area contributed by atoms with Gasteiger partial charge in [0.1, 0.15) is 12.0 Å². The fraction of sp³-hybridized carbons (Fsp3) is 0.115. The van der Waals surface area contributed by atoms with Crippen molar-refractivity contribution in [3.05, 3.63) is 89.7 Å². The predicted octanol–water partition coefficient (Wildman–Crippen LogP) is 6.47. The molecule has 0 aliphatic carbocycles. The summed E-state index contributed by atoms with van der Waals surface area (Å²) in [6.45, 7) is 5.58. The van der Waals surface area contributed by atoms with Crippen LogP contribution < -0.4 is 10.6 Å². The Kier molecular flexibility index (Phi) is 5.85. The highest BCUT2D eigenvalue weighted by Crippen LogP contribution is 2.28. The number of carbonyl (C=O) groups is 2. The first kappa shape index (κ1) is 21.1. The summed E-state index contributed by atoms with van der Waals surface area (Å²) in [5.74, 6) is 0.454. The number of aromatic nitrogens is 1. The molecule has 6 heteroatoms. The third-order valence-electron chi connectivity index (χ3n) is 5.09. The normalized spacial score (nSPS) is 10.6. The lowest BCUT2D eigenvalue weighted by Crippen LogP contribution is -2.19. The molecule has 0 spiro atoms. The molecule has 1 heterocycles. The van der Waals surface area contributed by atoms with Gasteiger partial charge in [0.05, 0.1) is 0 Å². The molecule has 0 atom stereocenters. The van der Waals surface area contributed by atoms with Gasteiger partial charge in [-0.25, -0.2) is 9.78 Å². The highest BCUT2D eigenvalue weighted by atomic mass is 16.3. The number of Topliss-reactive ketones (excluding diaryl/α,β-unsaturated/α-hetero) is 1. The Morgan fingerprint density at radius 2 is 1.62 bits per heavy atom. The second-order valence-corrected chi connectivity index (χ2v) is 7.65. The molecule has 0 saturated carbocycles. The lowest BCUT2D eigenvalue weighted by molar-refractivity contribution is 0.101. The number of urea groups is 1. The molecular weight excluding hydrogens is 402 g/mol. The first-order valence-electron chi connectivity index (χ1n) is 10.2. The third kappa shape index (κ3) is 4.75. The molecule has 0 aliphatic rings. The quantitative estimate of drug-likeness (QED) is 0.359. The maximum absolute atomic E-state index is 12.3. The lowest BCUT2D eigenvalue weighted by Gasteiger charge is -2.08. The largest absolute Gasteiger partial charge is 0.444 e. The van der Waals surface area contributed by atoms with Crippen LogP contribution in [0.4, 0.5) is 16.2 Å². The van der Waals surface area contributed by atoms with E-state index >= 15 is 0 Å². The smallest absolute Gasteiger partial charge is 0.323 e. The summed E-state index contributed by atoms with van der Waals surface area (Å²) in [5.41, 5.74) is 6.65. The molecule has 1 aromatic heterocycles. The number of nitrogens with one attached hydrogen (secondary N) is 2. The number of hydrogen-bond donors (Lipinski definition) is 2. The van der Waals surface area contributed by atoms with E-state index in [-0.39, 0.29) is 5.78 Å². The number of hydrogen-bond acceptors (Lipinski definition) is 4. The second-order valence-electron chi connectivity index (χ2n) is 7.65. The zero-order chi connectivity index (χ0) is 22.7. The molecule has 32 heavy (non-hydrogen) atoms. The molecule has 2 N–H and O–H groups in total. The first-order valence-corrected chi connectivity index (χ1v) is 10.2. The molecule has 160 valence electrons. The van der Waals surface area contributed by atoms with Gasteiger partial charge in [-0.2, -0.15) is 0 Å². The van der Waals surface area contributed by atoms with Crippen molar-refractivity contribution in [2.45, 2.75) is 20.8 Å². The van der Waals surface area contributed by atoms with Crippen molar-refractivity contribution in [2.75, 3.05) is 10.6 Å². The minimum Gasteiger partial charge on any atom is -0.444 e. The van der Waals surface area contributed by atoms with Crippen LogP contribution in [0.15, 0.2) is 77.4 Å². The number of carbonyl (C=O) groups excluding carboxylic acids is 2. The molecule has 0 saturated heterocycles. The summed E-state index contributed by atoms with van der Waals surface area (Å²) in [6.07, 6.45) is 1.66. The summed E-state index contributed by atoms with van der Waals surface area (Å²) in [7, 11) is 0. The Morgan fingerprint density at radius 3 is 2.38 bits per heavy atom. The molecule has 6 nitrogen and oxygen atoms in total. The van der Waals surface area contributed by atoms with Crippen molar-refractivity contribution in [3.63, 3.8) is 0 Å². The molecule has 2 amide bonds. The second kappa shape index (κ2) is 8.89. The number of rotatable bonds is 5. The summed E-state index contributed by atoms with van der Waals surface area (Å²) in [5, 5.41) is 5.51. The predicted molar refractivity (Wildman–Crippen MR) is 126 cm³/mol. The van der Waals surface area contributed by atoms with Crippen LogP contribution in [0.5, 0.6) is 0 Å². The van der Waals surface area contributed by atoms with Gasteiger partial charge < -0.3 is 15.1 Å². The minimum absolute atomic E-state index is 0.0584. The van der Waals surface area contributed by atoms with Crippen LogP contribution in [-0.2, 0) is 0 Å². The highest BCUT2D eigenvalue weighted by molar-refractivity contribution is 6.01. The number of aryl methyl sites for hydroxylation is 2. The Labute approximate surface area is 186 Å². The fourth-order valence-electron chi connectivity index (χ4n) is 3.35. The average molecular weight is 425 g/mol. The van der Waals surface area contributed by atoms with Gasteiger partial charge in [0.25, 0.3) is 0 Å². The van der Waals surface area contributed by atoms with Crippen molar-refractivity contribution in [1.29, 1.82) is 0 Å². The van der Waals surface area contributed by atoms with Gasteiger partial charge >= 0.3 is 6.03 Å². The number of benzene rings is 3. The van der Waals surface area contributed by atoms with Crippen LogP contribution in [0, 0.1) is 13.8 Å². The van der Waals surface area contributed by atoms with Crippen molar-refractivity contribution in [1.82, 2.24) is 4.98 Å². The van der Waals surface area contributed by atoms with Crippen LogP contribution in [0.1, 0.15) is 28.4 Å². The van der Waals surface area contributed by atoms with E-state index in [1.54, 1.807) is 42.7 Å². The van der Waals surface area contributed by atoms with Crippen LogP contribution in [-0.4, -0.2) is 16.8 Å². The van der Waals surface area contributed by atoms with Gasteiger partial charge in [-0.1, -0.05) is 29.8 Å². The number of ketones is 1. The molecule has 0 unspecified atom stereocenters. The highest BCUT2D eigenvalue weighted by Gasteiger charge is 2.11. The molecule has 0 fully saturated rings. The minimum atomic E-state index is -0.396. The van der Waals surface area contributed by atoms with Crippen molar-refractivity contribution >= 4 is 23.2 Å². The van der Waals surface area contributed by atoms with Crippen LogP contribution in [0.25, 0.3) is 22.7 Å². The van der Waals surface area contributed by atoms with Crippen molar-refractivity contribution in [2.24, 2.45) is 0 Å². The van der Waals surface area contributed by atoms with Gasteiger partial charge in [-0.15, -0.1) is 0 Å². The fourth-order valence-corrected chi connectivity index (χ4v) is 3.35. The number of nitrogens with zero attached hydrogens (tertiary/aromatic N) is 1. The molecule has 0 bridgehead atoms. The molecular formula is C26H23N3O3. The van der Waals surface area contributed by atoms with Gasteiger partial charge in [-0.05, 0) is 68.8 Å². The Bertz CT molecular complexity index is 1290. The third-order valence-corrected chi connectivity index (χ3v) is 5.09. The van der Waals surface area contributed by atoms with Crippen LogP contribution >= 0.6 is 0 Å². The maximum atomic E-state index is 12.3. The van der Waals surface area contributed by atoms with Gasteiger partial charge in [0.15, 0.2) is 5.78 Å².